The highest BCUT2D eigenvalue weighted by molar-refractivity contribution is 5.66. The van der Waals surface area contributed by atoms with E-state index in [1.54, 1.807) is 6.08 Å². The number of allylic oxidation sites excluding steroid dienone is 2. The van der Waals surface area contributed by atoms with Gasteiger partial charge >= 0.3 is 5.97 Å². The lowest BCUT2D eigenvalue weighted by molar-refractivity contribution is -0.139. The lowest BCUT2D eigenvalue weighted by Crippen LogP contribution is -2.35. The van der Waals surface area contributed by atoms with Gasteiger partial charge in [0.25, 0.3) is 0 Å². The molecule has 0 radical (unpaired) electrons. The molecule has 3 unspecified atom stereocenters. The van der Waals surface area contributed by atoms with E-state index in [9.17, 15) is 15.0 Å². The predicted molar refractivity (Wildman–Crippen MR) is 115 cm³/mol. The van der Waals surface area contributed by atoms with Crippen molar-refractivity contribution in [1.29, 1.82) is 0 Å². The van der Waals surface area contributed by atoms with Gasteiger partial charge in [0.2, 0.25) is 5.79 Å². The first-order chi connectivity index (χ1) is 15.0. The molecule has 170 valence electrons. The van der Waals surface area contributed by atoms with Gasteiger partial charge in [-0.15, -0.1) is 0 Å². The minimum absolute atomic E-state index is 0.129. The molecule has 0 spiro atoms. The number of carboxylic acids is 1. The SMILES string of the molecule is O=C(O)CCCC=CCC1C(O)CC(O)[C@@H]1/C=C/C1(COc2ccccc2)OCCO1. The second-order valence-corrected chi connectivity index (χ2v) is 8.07. The quantitative estimate of drug-likeness (QED) is 0.365. The van der Waals surface area contributed by atoms with E-state index in [0.29, 0.717) is 38.9 Å². The van der Waals surface area contributed by atoms with Crippen LogP contribution in [0.5, 0.6) is 5.75 Å². The van der Waals surface area contributed by atoms with Crippen LogP contribution < -0.4 is 4.74 Å². The summed E-state index contributed by atoms with van der Waals surface area (Å²) in [6.45, 7) is 1.11. The van der Waals surface area contributed by atoms with Gasteiger partial charge in [-0.2, -0.15) is 0 Å². The average Bonchev–Trinajstić information content (AvgIpc) is 3.32. The van der Waals surface area contributed by atoms with E-state index in [-0.39, 0.29) is 24.9 Å². The third-order valence-corrected chi connectivity index (χ3v) is 5.78. The van der Waals surface area contributed by atoms with Crippen LogP contribution in [0, 0.1) is 11.8 Å². The highest BCUT2D eigenvalue weighted by Gasteiger charge is 2.41. The largest absolute Gasteiger partial charge is 0.488 e. The number of unbranched alkanes of at least 4 members (excludes halogenated alkanes) is 1. The second kappa shape index (κ2) is 11.4. The van der Waals surface area contributed by atoms with Crippen LogP contribution >= 0.6 is 0 Å². The average molecular weight is 433 g/mol. The Balaban J connectivity index is 1.59. The third-order valence-electron chi connectivity index (χ3n) is 5.78. The van der Waals surface area contributed by atoms with Crippen molar-refractivity contribution in [2.24, 2.45) is 11.8 Å². The molecule has 1 aromatic carbocycles. The minimum Gasteiger partial charge on any atom is -0.488 e. The molecule has 1 aromatic rings. The van der Waals surface area contributed by atoms with Crippen molar-refractivity contribution < 1.29 is 34.3 Å². The Morgan fingerprint density at radius 1 is 1.13 bits per heavy atom. The van der Waals surface area contributed by atoms with Gasteiger partial charge in [-0.1, -0.05) is 36.4 Å². The zero-order valence-electron chi connectivity index (χ0n) is 17.6. The molecular weight excluding hydrogens is 400 g/mol. The number of hydrogen-bond donors (Lipinski definition) is 3. The number of carbonyl (C=O) groups is 1. The Morgan fingerprint density at radius 2 is 1.87 bits per heavy atom. The van der Waals surface area contributed by atoms with Crippen LogP contribution in [0.2, 0.25) is 0 Å². The Kier molecular flexibility index (Phi) is 8.66. The summed E-state index contributed by atoms with van der Waals surface area (Å²) in [6.07, 6.45) is 8.68. The van der Waals surface area contributed by atoms with Crippen molar-refractivity contribution in [2.75, 3.05) is 19.8 Å². The van der Waals surface area contributed by atoms with E-state index in [1.807, 2.05) is 48.6 Å². The topological polar surface area (TPSA) is 105 Å². The fraction of sp³-hybridized carbons (Fsp3) is 0.542. The summed E-state index contributed by atoms with van der Waals surface area (Å²) in [5, 5.41) is 29.6. The van der Waals surface area contributed by atoms with Gasteiger partial charge in [-0.3, -0.25) is 4.79 Å². The van der Waals surface area contributed by atoms with Crippen molar-refractivity contribution in [2.45, 2.75) is 50.1 Å². The summed E-state index contributed by atoms with van der Waals surface area (Å²) in [6, 6.07) is 9.43. The Hall–Kier alpha value is -2.19. The molecule has 1 aliphatic carbocycles. The lowest BCUT2D eigenvalue weighted by Gasteiger charge is -2.26. The molecule has 7 nitrogen and oxygen atoms in total. The van der Waals surface area contributed by atoms with Crippen LogP contribution in [-0.2, 0) is 14.3 Å². The maximum atomic E-state index is 10.6. The standard InChI is InChI=1S/C24H32O7/c25-21-16-22(26)20(19(21)10-6-1-2-7-11-23(27)28)12-13-24(30-14-15-31-24)17-29-18-8-4-3-5-9-18/h1,3-6,8-9,12-13,19-22,25-26H,2,7,10-11,14-17H2,(H,27,28)/b6-1?,13-12+/t19?,20-,21?,22?/m1/s1. The molecule has 1 saturated heterocycles. The van der Waals surface area contributed by atoms with E-state index in [0.717, 1.165) is 5.75 Å². The van der Waals surface area contributed by atoms with Crippen molar-refractivity contribution in [3.8, 4) is 5.75 Å². The number of ether oxygens (including phenoxy) is 3. The van der Waals surface area contributed by atoms with Crippen LogP contribution in [0.25, 0.3) is 0 Å². The molecular formula is C24H32O7. The van der Waals surface area contributed by atoms with Gasteiger partial charge < -0.3 is 29.5 Å². The number of benzene rings is 1. The molecule has 3 rings (SSSR count). The zero-order valence-corrected chi connectivity index (χ0v) is 17.6. The number of aliphatic hydroxyl groups excluding tert-OH is 2. The van der Waals surface area contributed by atoms with Crippen molar-refractivity contribution in [1.82, 2.24) is 0 Å². The molecule has 0 bridgehead atoms. The molecule has 3 N–H and O–H groups in total. The fourth-order valence-corrected chi connectivity index (χ4v) is 4.11. The molecule has 4 atom stereocenters. The number of rotatable bonds is 11. The van der Waals surface area contributed by atoms with Crippen LogP contribution in [-0.4, -0.2) is 59.1 Å². The molecule has 2 aliphatic rings. The van der Waals surface area contributed by atoms with Crippen LogP contribution in [0.1, 0.15) is 32.1 Å². The van der Waals surface area contributed by atoms with Crippen molar-refractivity contribution >= 4 is 5.97 Å². The first kappa shape index (κ1) is 23.5. The smallest absolute Gasteiger partial charge is 0.303 e. The second-order valence-electron chi connectivity index (χ2n) is 8.07. The summed E-state index contributed by atoms with van der Waals surface area (Å²) in [4.78, 5) is 10.6. The maximum Gasteiger partial charge on any atom is 0.303 e. The van der Waals surface area contributed by atoms with Crippen LogP contribution in [0.4, 0.5) is 0 Å². The van der Waals surface area contributed by atoms with E-state index in [4.69, 9.17) is 19.3 Å². The van der Waals surface area contributed by atoms with Gasteiger partial charge in [-0.25, -0.2) is 0 Å². The van der Waals surface area contributed by atoms with E-state index < -0.39 is 24.0 Å². The monoisotopic (exact) mass is 432 g/mol. The number of hydrogen-bond acceptors (Lipinski definition) is 6. The molecule has 0 amide bonds. The number of aliphatic hydroxyl groups is 2. The molecule has 1 heterocycles. The highest BCUT2D eigenvalue weighted by Crippen LogP contribution is 2.37. The summed E-state index contributed by atoms with van der Waals surface area (Å²) in [5.74, 6) is -1.46. The molecule has 1 saturated carbocycles. The Morgan fingerprint density at radius 3 is 2.58 bits per heavy atom. The fourth-order valence-electron chi connectivity index (χ4n) is 4.11. The summed E-state index contributed by atoms with van der Waals surface area (Å²) < 4.78 is 17.5. The van der Waals surface area contributed by atoms with Crippen molar-refractivity contribution in [3.05, 3.63) is 54.6 Å². The van der Waals surface area contributed by atoms with Gasteiger partial charge in [0.05, 0.1) is 25.4 Å². The van der Waals surface area contributed by atoms with Crippen LogP contribution in [0.15, 0.2) is 54.6 Å². The highest BCUT2D eigenvalue weighted by atomic mass is 16.8. The molecule has 7 heteroatoms. The molecule has 0 aromatic heterocycles. The molecule has 31 heavy (non-hydrogen) atoms. The third kappa shape index (κ3) is 6.90. The normalized spacial score (nSPS) is 27.9. The van der Waals surface area contributed by atoms with Gasteiger partial charge in [0.15, 0.2) is 0 Å². The number of aliphatic carboxylic acids is 1. The van der Waals surface area contributed by atoms with Crippen LogP contribution in [0.3, 0.4) is 0 Å². The zero-order chi connectivity index (χ0) is 22.1. The predicted octanol–water partition coefficient (Wildman–Crippen LogP) is 2.92. The van der Waals surface area contributed by atoms with Crippen molar-refractivity contribution in [3.63, 3.8) is 0 Å². The summed E-state index contributed by atoms with van der Waals surface area (Å²) in [5.41, 5.74) is 0. The number of carboxylic acid groups (broad SMARTS) is 1. The maximum absolute atomic E-state index is 10.6. The van der Waals surface area contributed by atoms with Gasteiger partial charge in [0, 0.05) is 18.8 Å². The summed E-state index contributed by atoms with van der Waals surface area (Å²) in [7, 11) is 0. The lowest BCUT2D eigenvalue weighted by atomic mass is 9.89. The van der Waals surface area contributed by atoms with E-state index in [2.05, 4.69) is 0 Å². The molecule has 1 aliphatic heterocycles. The minimum atomic E-state index is -1.01. The molecule has 2 fully saturated rings. The van der Waals surface area contributed by atoms with Gasteiger partial charge in [-0.05, 0) is 43.4 Å². The first-order valence-corrected chi connectivity index (χ1v) is 10.9. The Labute approximate surface area is 182 Å². The summed E-state index contributed by atoms with van der Waals surface area (Å²) >= 11 is 0. The van der Waals surface area contributed by atoms with E-state index in [1.165, 1.54) is 0 Å². The number of para-hydroxylation sites is 1. The van der Waals surface area contributed by atoms with E-state index >= 15 is 0 Å². The Bertz CT molecular complexity index is 740. The first-order valence-electron chi connectivity index (χ1n) is 10.9. The van der Waals surface area contributed by atoms with Gasteiger partial charge in [0.1, 0.15) is 12.4 Å².